The molecule has 9 aromatic rings. The summed E-state index contributed by atoms with van der Waals surface area (Å²) in [5.41, 5.74) is 11.8. The monoisotopic (exact) mass is 840 g/mol. The van der Waals surface area contributed by atoms with Gasteiger partial charge in [0.25, 0.3) is 0 Å². The molecule has 0 spiro atoms. The summed E-state index contributed by atoms with van der Waals surface area (Å²) in [6.45, 7) is 6.78. The molecule has 0 amide bonds. The van der Waals surface area contributed by atoms with Crippen LogP contribution in [0.1, 0.15) is 44.1 Å². The van der Waals surface area contributed by atoms with Crippen LogP contribution in [0.15, 0.2) is 194 Å². The summed E-state index contributed by atoms with van der Waals surface area (Å²) < 4.78 is 7.12. The van der Waals surface area contributed by atoms with Crippen LogP contribution >= 0.6 is 0 Å². The first-order valence-electron chi connectivity index (χ1n) is 22.1. The Morgan fingerprint density at radius 2 is 0.754 bits per heavy atom. The number of hydrogen-bond donors (Lipinski definition) is 0. The molecule has 7 aromatic carbocycles. The highest BCUT2D eigenvalue weighted by Crippen LogP contribution is 2.54. The van der Waals surface area contributed by atoms with Crippen molar-refractivity contribution in [1.29, 1.82) is 0 Å². The summed E-state index contributed by atoms with van der Waals surface area (Å²) >= 11 is 0. The predicted octanol–water partition coefficient (Wildman–Crippen LogP) is 14.1. The lowest BCUT2D eigenvalue weighted by Gasteiger charge is -2.36. The third-order valence-corrected chi connectivity index (χ3v) is 12.4. The third-order valence-electron chi connectivity index (χ3n) is 12.4. The fraction of sp³-hybridized carbons (Fsp3) is 0.103. The average Bonchev–Trinajstić information content (AvgIpc) is 3.37. The summed E-state index contributed by atoms with van der Waals surface area (Å²) in [6.07, 6.45) is 7.32. The molecule has 65 heavy (non-hydrogen) atoms. The first-order chi connectivity index (χ1) is 31.9. The molecule has 1 aliphatic heterocycles. The largest absolute Gasteiger partial charge is 0.455 e. The van der Waals surface area contributed by atoms with Crippen LogP contribution in [0.2, 0.25) is 0 Å². The van der Waals surface area contributed by atoms with Crippen LogP contribution in [-0.4, -0.2) is 29.9 Å². The summed E-state index contributed by atoms with van der Waals surface area (Å²) in [6, 6.07) is 60.1. The van der Waals surface area contributed by atoms with Gasteiger partial charge in [-0.1, -0.05) is 215 Å². The van der Waals surface area contributed by atoms with Gasteiger partial charge >= 0.3 is 0 Å². The average molecular weight is 841 g/mol. The van der Waals surface area contributed by atoms with Crippen molar-refractivity contribution in [2.45, 2.75) is 32.6 Å². The number of para-hydroxylation sites is 2. The number of rotatable bonds is 8. The smallest absolute Gasteiger partial charge is 0.164 e. The van der Waals surface area contributed by atoms with Crippen LogP contribution in [0.3, 0.4) is 0 Å². The van der Waals surface area contributed by atoms with Gasteiger partial charge in [-0.3, -0.25) is 0 Å². The summed E-state index contributed by atoms with van der Waals surface area (Å²) in [5.74, 6) is 6.02. The minimum absolute atomic E-state index is 0.336. The number of aromatic nitrogens is 6. The second kappa shape index (κ2) is 16.5. The normalized spacial score (nSPS) is 14.8. The zero-order valence-electron chi connectivity index (χ0n) is 36.4. The third kappa shape index (κ3) is 7.61. The SMILES string of the molecule is CC1C=CC=C(c2nc(-c3ccccc3)nc(-c3ccc(-c4cccc5c4Oc4c(-c6ccc(-c7nc(-c8ccccc8)nc(-c8ccccc8)n7)cc6)cccc4C5(C)C)cc3)n2)C1. The number of hydrogen-bond acceptors (Lipinski definition) is 7. The van der Waals surface area contributed by atoms with Crippen LogP contribution in [0.5, 0.6) is 11.5 Å². The molecule has 0 radical (unpaired) electrons. The number of ether oxygens (including phenoxy) is 1. The van der Waals surface area contributed by atoms with E-state index in [4.69, 9.17) is 34.6 Å². The Balaban J connectivity index is 0.933. The van der Waals surface area contributed by atoms with E-state index in [-0.39, 0.29) is 5.41 Å². The number of allylic oxidation sites excluding steroid dienone is 4. The summed E-state index contributed by atoms with van der Waals surface area (Å²) in [4.78, 5) is 29.8. The maximum atomic E-state index is 7.12. The van der Waals surface area contributed by atoms with E-state index in [0.717, 1.165) is 84.7 Å². The quantitative estimate of drug-likeness (QED) is 0.151. The fourth-order valence-corrected chi connectivity index (χ4v) is 8.89. The van der Waals surface area contributed by atoms with Crippen molar-refractivity contribution < 1.29 is 4.74 Å². The van der Waals surface area contributed by atoms with Crippen LogP contribution in [0.25, 0.3) is 84.8 Å². The van der Waals surface area contributed by atoms with Gasteiger partial charge in [-0.25, -0.2) is 29.9 Å². The number of fused-ring (bicyclic) bond motifs is 2. The van der Waals surface area contributed by atoms with Gasteiger partial charge in [0.05, 0.1) is 0 Å². The van der Waals surface area contributed by atoms with Gasteiger partial charge in [-0.2, -0.15) is 0 Å². The highest BCUT2D eigenvalue weighted by molar-refractivity contribution is 5.82. The molecule has 0 bridgehead atoms. The Hall–Kier alpha value is -8.16. The molecule has 0 N–H and O–H groups in total. The molecule has 2 aromatic heterocycles. The summed E-state index contributed by atoms with van der Waals surface area (Å²) in [5, 5.41) is 0. The lowest BCUT2D eigenvalue weighted by Crippen LogP contribution is -2.25. The zero-order chi connectivity index (χ0) is 43.9. The van der Waals surface area contributed by atoms with Crippen molar-refractivity contribution >= 4 is 5.57 Å². The molecule has 0 fully saturated rings. The molecule has 7 heteroatoms. The first-order valence-corrected chi connectivity index (χ1v) is 22.1. The molecule has 1 unspecified atom stereocenters. The second-order valence-corrected chi connectivity index (χ2v) is 17.2. The van der Waals surface area contributed by atoms with Crippen LogP contribution in [-0.2, 0) is 5.41 Å². The van der Waals surface area contributed by atoms with Crippen LogP contribution in [0.4, 0.5) is 0 Å². The minimum Gasteiger partial charge on any atom is -0.455 e. The van der Waals surface area contributed by atoms with E-state index < -0.39 is 0 Å². The molecule has 0 saturated carbocycles. The number of nitrogens with zero attached hydrogens (tertiary/aromatic N) is 6. The topological polar surface area (TPSA) is 86.6 Å². The van der Waals surface area contributed by atoms with Gasteiger partial charge in [-0.15, -0.1) is 0 Å². The Morgan fingerprint density at radius 1 is 0.400 bits per heavy atom. The minimum atomic E-state index is -0.336. The van der Waals surface area contributed by atoms with Crippen LogP contribution in [0, 0.1) is 5.92 Å². The van der Waals surface area contributed by atoms with Crippen molar-refractivity contribution in [3.63, 3.8) is 0 Å². The van der Waals surface area contributed by atoms with E-state index in [1.807, 2.05) is 91.0 Å². The lowest BCUT2D eigenvalue weighted by atomic mass is 9.74. The van der Waals surface area contributed by atoms with Gasteiger partial charge in [0.15, 0.2) is 34.9 Å². The second-order valence-electron chi connectivity index (χ2n) is 17.2. The Kier molecular flexibility index (Phi) is 10.1. The predicted molar refractivity (Wildman–Crippen MR) is 261 cm³/mol. The Labute approximate surface area is 379 Å². The van der Waals surface area contributed by atoms with E-state index in [2.05, 4.69) is 124 Å². The van der Waals surface area contributed by atoms with Crippen LogP contribution < -0.4 is 4.74 Å². The van der Waals surface area contributed by atoms with Crippen molar-refractivity contribution in [2.24, 2.45) is 5.92 Å². The molecule has 0 saturated heterocycles. The van der Waals surface area contributed by atoms with E-state index >= 15 is 0 Å². The molecule has 312 valence electrons. The summed E-state index contributed by atoms with van der Waals surface area (Å²) in [7, 11) is 0. The Bertz CT molecular complexity index is 3210. The molecule has 3 heterocycles. The molecular weight excluding hydrogens is 797 g/mol. The highest BCUT2D eigenvalue weighted by atomic mass is 16.5. The van der Waals surface area contributed by atoms with Gasteiger partial charge in [-0.05, 0) is 29.0 Å². The van der Waals surface area contributed by atoms with Gasteiger partial charge in [0, 0.05) is 55.5 Å². The van der Waals surface area contributed by atoms with Crippen molar-refractivity contribution in [3.8, 4) is 90.7 Å². The van der Waals surface area contributed by atoms with E-state index in [1.165, 1.54) is 0 Å². The van der Waals surface area contributed by atoms with Crippen molar-refractivity contribution in [3.05, 3.63) is 211 Å². The molecular formula is C58H44N6O. The zero-order valence-corrected chi connectivity index (χ0v) is 36.4. The van der Waals surface area contributed by atoms with Gasteiger partial charge in [0.1, 0.15) is 11.5 Å². The van der Waals surface area contributed by atoms with Gasteiger partial charge in [0.2, 0.25) is 0 Å². The molecule has 7 nitrogen and oxygen atoms in total. The number of benzene rings is 7. The molecule has 2 aliphatic rings. The lowest BCUT2D eigenvalue weighted by molar-refractivity contribution is 0.421. The highest BCUT2D eigenvalue weighted by Gasteiger charge is 2.37. The first kappa shape index (κ1) is 39.7. The maximum Gasteiger partial charge on any atom is 0.164 e. The standard InChI is InChI=1S/C58H44N6O/c1-37-16-13-23-45(36-37)57-63-54(42-21-11-6-12-22-42)62-56(64-57)44-34-30-39(31-35-44)47-25-15-27-49-51(47)65-50-46(24-14-26-48(50)58(49,2)3)38-28-32-43(33-29-38)55-60-52(40-17-7-4-8-18-40)59-53(61-55)41-19-9-5-10-20-41/h4-35,37H,36H2,1-3H3. The Morgan fingerprint density at radius 3 is 1.14 bits per heavy atom. The maximum absolute atomic E-state index is 7.12. The fourth-order valence-electron chi connectivity index (χ4n) is 8.89. The molecule has 1 aliphatic carbocycles. The van der Waals surface area contributed by atoms with Crippen molar-refractivity contribution in [1.82, 2.24) is 29.9 Å². The van der Waals surface area contributed by atoms with Crippen molar-refractivity contribution in [2.75, 3.05) is 0 Å². The van der Waals surface area contributed by atoms with E-state index in [1.54, 1.807) is 0 Å². The molecule has 1 atom stereocenters. The van der Waals surface area contributed by atoms with Gasteiger partial charge < -0.3 is 4.74 Å². The molecule has 11 rings (SSSR count). The van der Waals surface area contributed by atoms with E-state index in [0.29, 0.717) is 40.9 Å². The van der Waals surface area contributed by atoms with E-state index in [9.17, 15) is 0 Å².